The first kappa shape index (κ1) is 12.3. The first-order valence-corrected chi connectivity index (χ1v) is 5.31. The van der Waals surface area contributed by atoms with Gasteiger partial charge in [0.2, 0.25) is 5.88 Å². The van der Waals surface area contributed by atoms with Crippen LogP contribution in [0.5, 0.6) is 5.88 Å². The number of aromatic nitrogens is 3. The summed E-state index contributed by atoms with van der Waals surface area (Å²) in [6.45, 7) is 2.04. The maximum Gasteiger partial charge on any atom is 0.280 e. The van der Waals surface area contributed by atoms with Gasteiger partial charge in [-0.05, 0) is 19.1 Å². The van der Waals surface area contributed by atoms with Gasteiger partial charge in [0.15, 0.2) is 0 Å². The zero-order chi connectivity index (χ0) is 13.0. The Kier molecular flexibility index (Phi) is 3.76. The van der Waals surface area contributed by atoms with Crippen molar-refractivity contribution in [1.82, 2.24) is 15.2 Å². The van der Waals surface area contributed by atoms with Gasteiger partial charge < -0.3 is 4.74 Å². The summed E-state index contributed by atoms with van der Waals surface area (Å²) in [6, 6.07) is 6.31. The van der Waals surface area contributed by atoms with Crippen LogP contribution in [0.1, 0.15) is 23.4 Å². The molecular formula is C12H11F2N3O. The minimum atomic E-state index is -2.55. The third-order valence-electron chi connectivity index (χ3n) is 2.23. The summed E-state index contributed by atoms with van der Waals surface area (Å²) in [6.07, 6.45) is -1.19. The van der Waals surface area contributed by atoms with Crippen molar-refractivity contribution >= 4 is 0 Å². The summed E-state index contributed by atoms with van der Waals surface area (Å²) in [5.74, 6) is 0.388. The molecule has 0 fully saturated rings. The van der Waals surface area contributed by atoms with Crippen LogP contribution < -0.4 is 4.74 Å². The Bertz CT molecular complexity index is 500. The lowest BCUT2D eigenvalue weighted by molar-refractivity contribution is 0.146. The molecule has 0 aromatic carbocycles. The fraction of sp³-hybridized carbons (Fsp3) is 0.250. The van der Waals surface area contributed by atoms with Gasteiger partial charge in [-0.25, -0.2) is 8.78 Å². The lowest BCUT2D eigenvalue weighted by Crippen LogP contribution is -2.00. The molecule has 6 heteroatoms. The van der Waals surface area contributed by atoms with Gasteiger partial charge >= 0.3 is 0 Å². The van der Waals surface area contributed by atoms with Gasteiger partial charge in [0, 0.05) is 17.8 Å². The van der Waals surface area contributed by atoms with Crippen LogP contribution >= 0.6 is 0 Å². The van der Waals surface area contributed by atoms with E-state index < -0.39 is 6.43 Å². The van der Waals surface area contributed by atoms with Crippen molar-refractivity contribution < 1.29 is 13.5 Å². The van der Waals surface area contributed by atoms with Crippen LogP contribution in [0.2, 0.25) is 0 Å². The minimum Gasteiger partial charge on any atom is -0.472 e. The molecule has 0 atom stereocenters. The number of halogens is 2. The molecule has 0 aliphatic carbocycles. The Morgan fingerprint density at radius 2 is 2.00 bits per heavy atom. The molecule has 0 spiro atoms. The molecule has 0 saturated heterocycles. The number of rotatable bonds is 4. The third-order valence-corrected chi connectivity index (χ3v) is 2.23. The molecule has 2 aromatic heterocycles. The van der Waals surface area contributed by atoms with Crippen molar-refractivity contribution in [1.29, 1.82) is 0 Å². The van der Waals surface area contributed by atoms with Crippen molar-refractivity contribution in [2.75, 3.05) is 0 Å². The number of nitrogens with zero attached hydrogens (tertiary/aromatic N) is 3. The van der Waals surface area contributed by atoms with Gasteiger partial charge in [-0.15, -0.1) is 5.10 Å². The third kappa shape index (κ3) is 3.19. The van der Waals surface area contributed by atoms with E-state index in [1.807, 2.05) is 6.92 Å². The Morgan fingerprint density at radius 1 is 1.17 bits per heavy atom. The van der Waals surface area contributed by atoms with E-state index in [1.54, 1.807) is 18.2 Å². The second-order valence-electron chi connectivity index (χ2n) is 3.69. The van der Waals surface area contributed by atoms with Gasteiger partial charge in [0.05, 0.1) is 5.69 Å². The molecule has 2 heterocycles. The first-order chi connectivity index (χ1) is 8.65. The Labute approximate surface area is 103 Å². The van der Waals surface area contributed by atoms with Crippen molar-refractivity contribution in [3.8, 4) is 5.88 Å². The van der Waals surface area contributed by atoms with E-state index in [1.165, 1.54) is 12.3 Å². The SMILES string of the molecule is Cc1ccc(OCc2ccc(C(F)F)nc2)nn1. The zero-order valence-electron chi connectivity index (χ0n) is 9.68. The standard InChI is InChI=1S/C12H11F2N3O/c1-8-2-5-11(17-16-8)18-7-9-3-4-10(12(13)14)15-6-9/h2-6,12H,7H2,1H3. The predicted molar refractivity (Wildman–Crippen MR) is 60.3 cm³/mol. The van der Waals surface area contributed by atoms with Gasteiger partial charge in [-0.3, -0.25) is 4.98 Å². The van der Waals surface area contributed by atoms with Gasteiger partial charge in [0.1, 0.15) is 12.3 Å². The summed E-state index contributed by atoms with van der Waals surface area (Å²) in [4.78, 5) is 3.64. The average molecular weight is 251 g/mol. The Balaban J connectivity index is 1.95. The second-order valence-corrected chi connectivity index (χ2v) is 3.69. The molecule has 0 N–H and O–H groups in total. The van der Waals surface area contributed by atoms with Crippen LogP contribution in [0.15, 0.2) is 30.5 Å². The Morgan fingerprint density at radius 3 is 2.56 bits per heavy atom. The van der Waals surface area contributed by atoms with E-state index in [-0.39, 0.29) is 12.3 Å². The number of alkyl halides is 2. The molecule has 4 nitrogen and oxygen atoms in total. The molecule has 0 bridgehead atoms. The van der Waals surface area contributed by atoms with Crippen molar-refractivity contribution in [3.63, 3.8) is 0 Å². The quantitative estimate of drug-likeness (QED) is 0.838. The van der Waals surface area contributed by atoms with Crippen molar-refractivity contribution in [3.05, 3.63) is 47.4 Å². The van der Waals surface area contributed by atoms with Gasteiger partial charge in [0.25, 0.3) is 6.43 Å². The minimum absolute atomic E-state index is 0.217. The topological polar surface area (TPSA) is 47.9 Å². The lowest BCUT2D eigenvalue weighted by atomic mass is 10.2. The molecule has 0 amide bonds. The molecule has 2 aromatic rings. The molecule has 2 rings (SSSR count). The molecule has 0 aliphatic heterocycles. The predicted octanol–water partition coefficient (Wildman–Crippen LogP) is 2.70. The molecule has 0 unspecified atom stereocenters. The summed E-state index contributed by atoms with van der Waals surface area (Å²) >= 11 is 0. The highest BCUT2D eigenvalue weighted by Crippen LogP contribution is 2.16. The van der Waals surface area contributed by atoms with Crippen molar-refractivity contribution in [2.45, 2.75) is 20.0 Å². The smallest absolute Gasteiger partial charge is 0.280 e. The number of aryl methyl sites for hydroxylation is 1. The lowest BCUT2D eigenvalue weighted by Gasteiger charge is -2.05. The van der Waals surface area contributed by atoms with E-state index in [4.69, 9.17) is 4.74 Å². The number of pyridine rings is 1. The van der Waals surface area contributed by atoms with Crippen LogP contribution in [0.4, 0.5) is 8.78 Å². The summed E-state index contributed by atoms with van der Waals surface area (Å²) in [5, 5.41) is 7.67. The van der Waals surface area contributed by atoms with E-state index in [2.05, 4.69) is 15.2 Å². The molecule has 18 heavy (non-hydrogen) atoms. The number of hydrogen-bond acceptors (Lipinski definition) is 4. The normalized spacial score (nSPS) is 10.7. The van der Waals surface area contributed by atoms with Gasteiger partial charge in [-0.2, -0.15) is 5.10 Å². The highest BCUT2D eigenvalue weighted by atomic mass is 19.3. The van der Waals surface area contributed by atoms with Crippen LogP contribution in [0, 0.1) is 6.92 Å². The largest absolute Gasteiger partial charge is 0.472 e. The molecule has 0 saturated carbocycles. The highest BCUT2D eigenvalue weighted by molar-refractivity contribution is 5.16. The van der Waals surface area contributed by atoms with E-state index in [0.29, 0.717) is 11.4 Å². The highest BCUT2D eigenvalue weighted by Gasteiger charge is 2.07. The fourth-order valence-corrected chi connectivity index (χ4v) is 1.27. The van der Waals surface area contributed by atoms with E-state index >= 15 is 0 Å². The Hall–Kier alpha value is -2.11. The number of hydrogen-bond donors (Lipinski definition) is 0. The van der Waals surface area contributed by atoms with Crippen LogP contribution in [-0.4, -0.2) is 15.2 Å². The van der Waals surface area contributed by atoms with E-state index in [9.17, 15) is 8.78 Å². The maximum absolute atomic E-state index is 12.3. The van der Waals surface area contributed by atoms with Crippen LogP contribution in [0.25, 0.3) is 0 Å². The number of ether oxygens (including phenoxy) is 1. The molecule has 0 radical (unpaired) electrons. The van der Waals surface area contributed by atoms with Crippen molar-refractivity contribution in [2.24, 2.45) is 0 Å². The molecular weight excluding hydrogens is 240 g/mol. The summed E-state index contributed by atoms with van der Waals surface area (Å²) < 4.78 is 29.9. The van der Waals surface area contributed by atoms with Crippen LogP contribution in [0.3, 0.4) is 0 Å². The summed E-state index contributed by atoms with van der Waals surface area (Å²) in [7, 11) is 0. The van der Waals surface area contributed by atoms with Crippen LogP contribution in [-0.2, 0) is 6.61 Å². The second kappa shape index (κ2) is 5.48. The van der Waals surface area contributed by atoms with Gasteiger partial charge in [-0.1, -0.05) is 6.07 Å². The zero-order valence-corrected chi connectivity index (χ0v) is 9.68. The maximum atomic E-state index is 12.3. The molecule has 94 valence electrons. The average Bonchev–Trinajstić information content (AvgIpc) is 2.38. The fourth-order valence-electron chi connectivity index (χ4n) is 1.27. The molecule has 0 aliphatic rings. The summed E-state index contributed by atoms with van der Waals surface area (Å²) in [5.41, 5.74) is 1.25. The first-order valence-electron chi connectivity index (χ1n) is 5.31. The monoisotopic (exact) mass is 251 g/mol. The van der Waals surface area contributed by atoms with E-state index in [0.717, 1.165) is 5.69 Å².